The Morgan fingerprint density at radius 3 is 2.25 bits per heavy atom. The molecule has 0 aromatic heterocycles. The molecule has 0 saturated heterocycles. The van der Waals surface area contributed by atoms with Crippen molar-refractivity contribution in [3.05, 3.63) is 35.9 Å². The lowest BCUT2D eigenvalue weighted by atomic mass is 10.2. The predicted octanol–water partition coefficient (Wildman–Crippen LogP) is -1.14. The van der Waals surface area contributed by atoms with Gasteiger partial charge in [-0.1, -0.05) is 30.3 Å². The van der Waals surface area contributed by atoms with Gasteiger partial charge in [0.15, 0.2) is 6.04 Å². The lowest BCUT2D eigenvalue weighted by Crippen LogP contribution is -2.55. The Labute approximate surface area is 91.8 Å². The van der Waals surface area contributed by atoms with Gasteiger partial charge in [-0.3, -0.25) is 10.1 Å². The number of hydrogen-bond donors (Lipinski definition) is 5. The van der Waals surface area contributed by atoms with Gasteiger partial charge in [-0.2, -0.15) is 0 Å². The second kappa shape index (κ2) is 5.04. The maximum atomic E-state index is 10.6. The monoisotopic (exact) mass is 227 g/mol. The topological polar surface area (TPSA) is 110 Å². The molecule has 0 aliphatic heterocycles. The fourth-order valence-electron chi connectivity index (χ4n) is 1.21. The van der Waals surface area contributed by atoms with E-state index in [1.54, 1.807) is 30.3 Å². The van der Waals surface area contributed by atoms with Gasteiger partial charge in [0.2, 0.25) is 0 Å². The minimum atomic E-state index is -3.29. The highest BCUT2D eigenvalue weighted by Gasteiger charge is 2.38. The molecule has 5 N–H and O–H groups in total. The molecule has 0 unspecified atom stereocenters. The molecule has 0 saturated carbocycles. The van der Waals surface area contributed by atoms with Crippen molar-refractivity contribution in [3.8, 4) is 0 Å². The summed E-state index contributed by atoms with van der Waals surface area (Å²) >= 11 is 0. The SMILES string of the molecule is O=C(O)[C@@H](NCc1ccccc1)C(O)(O)O. The van der Waals surface area contributed by atoms with Crippen LogP contribution in [-0.4, -0.2) is 38.4 Å². The highest BCUT2D eigenvalue weighted by atomic mass is 16.7. The second-order valence-electron chi connectivity index (χ2n) is 3.33. The summed E-state index contributed by atoms with van der Waals surface area (Å²) in [6.45, 7) is 0.0984. The molecule has 0 aliphatic carbocycles. The fourth-order valence-corrected chi connectivity index (χ4v) is 1.21. The smallest absolute Gasteiger partial charge is 0.329 e. The van der Waals surface area contributed by atoms with E-state index in [1.165, 1.54) is 0 Å². The molecule has 0 fully saturated rings. The number of carboxylic acids is 1. The number of nitrogens with one attached hydrogen (secondary N) is 1. The first kappa shape index (κ1) is 12.6. The summed E-state index contributed by atoms with van der Waals surface area (Å²) in [5, 5.41) is 37.4. The van der Waals surface area contributed by atoms with Crippen LogP contribution in [-0.2, 0) is 11.3 Å². The van der Waals surface area contributed by atoms with Gasteiger partial charge >= 0.3 is 11.9 Å². The van der Waals surface area contributed by atoms with Gasteiger partial charge in [-0.15, -0.1) is 0 Å². The Balaban J connectivity index is 2.62. The lowest BCUT2D eigenvalue weighted by molar-refractivity contribution is -0.323. The summed E-state index contributed by atoms with van der Waals surface area (Å²) in [6, 6.07) is 6.92. The third-order valence-electron chi connectivity index (χ3n) is 1.99. The first-order valence-electron chi connectivity index (χ1n) is 4.58. The third-order valence-corrected chi connectivity index (χ3v) is 1.99. The third kappa shape index (κ3) is 3.59. The van der Waals surface area contributed by atoms with Crippen LogP contribution in [0, 0.1) is 0 Å². The van der Waals surface area contributed by atoms with Gasteiger partial charge in [0, 0.05) is 6.54 Å². The van der Waals surface area contributed by atoms with Gasteiger partial charge in [-0.05, 0) is 5.56 Å². The summed E-state index contributed by atoms with van der Waals surface area (Å²) in [5.41, 5.74) is 0.762. The van der Waals surface area contributed by atoms with Crippen molar-refractivity contribution in [1.29, 1.82) is 0 Å². The van der Waals surface area contributed by atoms with Crippen molar-refractivity contribution in [1.82, 2.24) is 5.32 Å². The molecule has 0 radical (unpaired) electrons. The van der Waals surface area contributed by atoms with E-state index in [1.807, 2.05) is 0 Å². The Morgan fingerprint density at radius 1 is 1.25 bits per heavy atom. The zero-order chi connectivity index (χ0) is 12.2. The molecule has 1 aromatic carbocycles. The van der Waals surface area contributed by atoms with Crippen molar-refractivity contribution < 1.29 is 25.2 Å². The molecule has 0 heterocycles. The van der Waals surface area contributed by atoms with Crippen LogP contribution in [0.5, 0.6) is 0 Å². The molecule has 0 aliphatic rings. The Morgan fingerprint density at radius 2 is 1.81 bits per heavy atom. The molecular formula is C10H13NO5. The van der Waals surface area contributed by atoms with E-state index in [2.05, 4.69) is 5.32 Å². The van der Waals surface area contributed by atoms with Crippen molar-refractivity contribution in [2.75, 3.05) is 0 Å². The Kier molecular flexibility index (Phi) is 3.97. The minimum absolute atomic E-state index is 0.0984. The van der Waals surface area contributed by atoms with Gasteiger partial charge in [0.25, 0.3) is 0 Å². The quantitative estimate of drug-likeness (QED) is 0.407. The van der Waals surface area contributed by atoms with Gasteiger partial charge < -0.3 is 20.4 Å². The molecule has 1 atom stereocenters. The molecule has 1 aromatic rings. The largest absolute Gasteiger partial charge is 0.480 e. The van der Waals surface area contributed by atoms with Crippen LogP contribution in [0.2, 0.25) is 0 Å². The first-order valence-corrected chi connectivity index (χ1v) is 4.58. The number of carbonyl (C=O) groups is 1. The van der Waals surface area contributed by atoms with Gasteiger partial charge in [0.05, 0.1) is 0 Å². The van der Waals surface area contributed by atoms with Crippen LogP contribution in [0.25, 0.3) is 0 Å². The molecule has 0 amide bonds. The van der Waals surface area contributed by atoms with E-state index in [4.69, 9.17) is 20.4 Å². The second-order valence-corrected chi connectivity index (χ2v) is 3.33. The van der Waals surface area contributed by atoms with Crippen molar-refractivity contribution >= 4 is 5.97 Å². The number of hydrogen-bond acceptors (Lipinski definition) is 5. The molecule has 6 nitrogen and oxygen atoms in total. The zero-order valence-electron chi connectivity index (χ0n) is 8.37. The predicted molar refractivity (Wildman–Crippen MR) is 54.1 cm³/mol. The van der Waals surface area contributed by atoms with Gasteiger partial charge in [-0.25, -0.2) is 0 Å². The number of aliphatic carboxylic acids is 1. The highest BCUT2D eigenvalue weighted by Crippen LogP contribution is 2.05. The molecule has 0 bridgehead atoms. The van der Waals surface area contributed by atoms with E-state index in [0.717, 1.165) is 5.56 Å². The normalized spacial score (nSPS) is 13.4. The summed E-state index contributed by atoms with van der Waals surface area (Å²) < 4.78 is 0. The van der Waals surface area contributed by atoms with Crippen LogP contribution in [0.4, 0.5) is 0 Å². The van der Waals surface area contributed by atoms with Crippen molar-refractivity contribution in [3.63, 3.8) is 0 Å². The molecule has 1 rings (SSSR count). The number of carboxylic acid groups (broad SMARTS) is 1. The average molecular weight is 227 g/mol. The van der Waals surface area contributed by atoms with Crippen LogP contribution >= 0.6 is 0 Å². The standard InChI is InChI=1S/C10H13NO5/c12-9(13)8(10(14,15)16)11-6-7-4-2-1-3-5-7/h1-5,8,11,14-16H,6H2,(H,12,13)/t8-/m1/s1. The number of benzene rings is 1. The Hall–Kier alpha value is -1.47. The maximum Gasteiger partial charge on any atom is 0.329 e. The highest BCUT2D eigenvalue weighted by molar-refractivity contribution is 5.74. The molecule has 88 valence electrons. The van der Waals surface area contributed by atoms with E-state index < -0.39 is 18.0 Å². The molecule has 6 heteroatoms. The Bertz CT molecular complexity index is 346. The lowest BCUT2D eigenvalue weighted by Gasteiger charge is -2.23. The molecule has 0 spiro atoms. The van der Waals surface area contributed by atoms with Crippen LogP contribution in [0.15, 0.2) is 30.3 Å². The van der Waals surface area contributed by atoms with Crippen LogP contribution in [0.1, 0.15) is 5.56 Å². The maximum absolute atomic E-state index is 10.6. The summed E-state index contributed by atoms with van der Waals surface area (Å²) in [7, 11) is 0. The van der Waals surface area contributed by atoms with E-state index in [9.17, 15) is 4.79 Å². The van der Waals surface area contributed by atoms with E-state index >= 15 is 0 Å². The summed E-state index contributed by atoms with van der Waals surface area (Å²) in [6.07, 6.45) is 0. The van der Waals surface area contributed by atoms with E-state index in [0.29, 0.717) is 0 Å². The zero-order valence-corrected chi connectivity index (χ0v) is 8.37. The van der Waals surface area contributed by atoms with Gasteiger partial charge in [0.1, 0.15) is 0 Å². The average Bonchev–Trinajstić information content (AvgIpc) is 2.17. The summed E-state index contributed by atoms with van der Waals surface area (Å²) in [5.74, 6) is -4.84. The summed E-state index contributed by atoms with van der Waals surface area (Å²) in [4.78, 5) is 10.6. The molecule has 16 heavy (non-hydrogen) atoms. The number of rotatable bonds is 5. The molecular weight excluding hydrogens is 214 g/mol. The van der Waals surface area contributed by atoms with Crippen LogP contribution < -0.4 is 5.32 Å². The first-order chi connectivity index (χ1) is 7.41. The fraction of sp³-hybridized carbons (Fsp3) is 0.300. The minimum Gasteiger partial charge on any atom is -0.480 e. The van der Waals surface area contributed by atoms with Crippen LogP contribution in [0.3, 0.4) is 0 Å². The van der Waals surface area contributed by atoms with Crippen molar-refractivity contribution in [2.24, 2.45) is 0 Å². The number of aliphatic hydroxyl groups is 3. The van der Waals surface area contributed by atoms with Crippen molar-refractivity contribution in [2.45, 2.75) is 18.6 Å². The van der Waals surface area contributed by atoms with E-state index in [-0.39, 0.29) is 6.54 Å².